The monoisotopic (exact) mass is 541 g/mol. The van der Waals surface area contributed by atoms with Crippen molar-refractivity contribution in [2.24, 2.45) is 5.92 Å². The Hall–Kier alpha value is -3.39. The van der Waals surface area contributed by atoms with Gasteiger partial charge in [-0.15, -0.1) is 0 Å². The summed E-state index contributed by atoms with van der Waals surface area (Å²) in [6.07, 6.45) is 5.92. The standard InChI is InChI=1S/C29H36ClN3O5/c1-33(25-13-6-3-7-14-25)27(35)16-15-24(19-34)31-28(36)26(18-21-9-4-2-5-10-21)32-29(37)38-20-22-11-8-12-23(30)17-22/h3,6-8,11-14,17,19,21,24,26H,2,4-5,9-10,15-16,18,20H2,1H3,(H,31,36)(H,32,37). The van der Waals surface area contributed by atoms with Gasteiger partial charge in [-0.1, -0.05) is 74.0 Å². The van der Waals surface area contributed by atoms with Crippen LogP contribution >= 0.6 is 11.6 Å². The molecule has 9 heteroatoms. The number of nitrogens with zero attached hydrogens (tertiary/aromatic N) is 1. The number of halogens is 1. The molecule has 8 nitrogen and oxygen atoms in total. The van der Waals surface area contributed by atoms with Gasteiger partial charge in [-0.25, -0.2) is 4.79 Å². The van der Waals surface area contributed by atoms with Crippen LogP contribution in [0.3, 0.4) is 0 Å². The number of hydrogen-bond donors (Lipinski definition) is 2. The Kier molecular flexibility index (Phi) is 11.6. The van der Waals surface area contributed by atoms with Gasteiger partial charge in [0.25, 0.3) is 0 Å². The van der Waals surface area contributed by atoms with E-state index in [0.29, 0.717) is 23.6 Å². The highest BCUT2D eigenvalue weighted by Crippen LogP contribution is 2.27. The molecule has 2 aromatic carbocycles. The summed E-state index contributed by atoms with van der Waals surface area (Å²) in [5.41, 5.74) is 1.48. The summed E-state index contributed by atoms with van der Waals surface area (Å²) in [6, 6.07) is 14.5. The summed E-state index contributed by atoms with van der Waals surface area (Å²) in [4.78, 5) is 51.6. The van der Waals surface area contributed by atoms with Gasteiger partial charge in [0.1, 0.15) is 18.9 Å². The first-order valence-corrected chi connectivity index (χ1v) is 13.5. The predicted molar refractivity (Wildman–Crippen MR) is 147 cm³/mol. The molecule has 1 fully saturated rings. The number of para-hydroxylation sites is 1. The quantitative estimate of drug-likeness (QED) is 0.367. The van der Waals surface area contributed by atoms with E-state index in [1.54, 1.807) is 31.3 Å². The first-order chi connectivity index (χ1) is 18.4. The summed E-state index contributed by atoms with van der Waals surface area (Å²) < 4.78 is 5.32. The fraction of sp³-hybridized carbons (Fsp3) is 0.448. The van der Waals surface area contributed by atoms with Crippen molar-refractivity contribution < 1.29 is 23.9 Å². The highest BCUT2D eigenvalue weighted by atomic mass is 35.5. The van der Waals surface area contributed by atoms with E-state index in [4.69, 9.17) is 16.3 Å². The average Bonchev–Trinajstić information content (AvgIpc) is 2.94. The molecule has 2 aromatic rings. The average molecular weight is 542 g/mol. The normalized spacial score (nSPS) is 15.1. The third-order valence-electron chi connectivity index (χ3n) is 6.84. The van der Waals surface area contributed by atoms with Crippen LogP contribution in [0.2, 0.25) is 5.02 Å². The Labute approximate surface area is 229 Å². The van der Waals surface area contributed by atoms with E-state index in [-0.39, 0.29) is 25.4 Å². The number of rotatable bonds is 12. The summed E-state index contributed by atoms with van der Waals surface area (Å²) in [5.74, 6) is -0.335. The molecule has 38 heavy (non-hydrogen) atoms. The summed E-state index contributed by atoms with van der Waals surface area (Å²) >= 11 is 5.99. The van der Waals surface area contributed by atoms with Crippen molar-refractivity contribution in [3.05, 3.63) is 65.2 Å². The van der Waals surface area contributed by atoms with Gasteiger partial charge in [-0.05, 0) is 48.6 Å². The predicted octanol–water partition coefficient (Wildman–Crippen LogP) is 5.03. The van der Waals surface area contributed by atoms with Crippen molar-refractivity contribution in [3.63, 3.8) is 0 Å². The van der Waals surface area contributed by atoms with Gasteiger partial charge in [0, 0.05) is 24.2 Å². The molecule has 1 aliphatic rings. The highest BCUT2D eigenvalue weighted by Gasteiger charge is 2.28. The number of alkyl carbamates (subject to hydrolysis) is 1. The van der Waals surface area contributed by atoms with Crippen LogP contribution in [-0.2, 0) is 25.7 Å². The third kappa shape index (κ3) is 9.49. The Morgan fingerprint density at radius 3 is 2.47 bits per heavy atom. The molecule has 0 spiro atoms. The molecule has 1 saturated carbocycles. The van der Waals surface area contributed by atoms with Crippen LogP contribution in [0.4, 0.5) is 10.5 Å². The largest absolute Gasteiger partial charge is 0.445 e. The SMILES string of the molecule is CN(C(=O)CCC(C=O)NC(=O)C(CC1CCCCC1)NC(=O)OCc1cccc(Cl)c1)c1ccccc1. The molecule has 0 radical (unpaired) electrons. The lowest BCUT2D eigenvalue weighted by Gasteiger charge is -2.27. The summed E-state index contributed by atoms with van der Waals surface area (Å²) in [6.45, 7) is 0.0121. The maximum absolute atomic E-state index is 13.2. The van der Waals surface area contributed by atoms with E-state index in [1.165, 1.54) is 11.3 Å². The van der Waals surface area contributed by atoms with E-state index in [1.807, 2.05) is 30.3 Å². The lowest BCUT2D eigenvalue weighted by molar-refractivity contribution is -0.126. The van der Waals surface area contributed by atoms with Crippen molar-refractivity contribution in [1.82, 2.24) is 10.6 Å². The zero-order valence-corrected chi connectivity index (χ0v) is 22.5. The number of aldehydes is 1. The van der Waals surface area contributed by atoms with Crippen LogP contribution < -0.4 is 15.5 Å². The van der Waals surface area contributed by atoms with E-state index in [0.717, 1.165) is 36.9 Å². The van der Waals surface area contributed by atoms with E-state index in [9.17, 15) is 19.2 Å². The van der Waals surface area contributed by atoms with Crippen LogP contribution in [0.25, 0.3) is 0 Å². The van der Waals surface area contributed by atoms with Gasteiger partial charge < -0.3 is 25.1 Å². The number of hydrogen-bond acceptors (Lipinski definition) is 5. The van der Waals surface area contributed by atoms with E-state index < -0.39 is 24.1 Å². The topological polar surface area (TPSA) is 105 Å². The molecule has 1 aliphatic carbocycles. The Morgan fingerprint density at radius 1 is 1.05 bits per heavy atom. The molecular weight excluding hydrogens is 506 g/mol. The van der Waals surface area contributed by atoms with Crippen LogP contribution in [0, 0.1) is 5.92 Å². The zero-order chi connectivity index (χ0) is 27.3. The number of carbonyl (C=O) groups is 4. The van der Waals surface area contributed by atoms with Crippen molar-refractivity contribution in [2.45, 2.75) is 70.1 Å². The van der Waals surface area contributed by atoms with Gasteiger partial charge in [0.05, 0.1) is 6.04 Å². The maximum Gasteiger partial charge on any atom is 0.408 e. The fourth-order valence-electron chi connectivity index (χ4n) is 4.65. The first kappa shape index (κ1) is 29.2. The Morgan fingerprint density at radius 2 is 1.79 bits per heavy atom. The number of carbonyl (C=O) groups excluding carboxylic acids is 4. The van der Waals surface area contributed by atoms with E-state index >= 15 is 0 Å². The highest BCUT2D eigenvalue weighted by molar-refractivity contribution is 6.30. The lowest BCUT2D eigenvalue weighted by atomic mass is 9.84. The van der Waals surface area contributed by atoms with Gasteiger partial charge >= 0.3 is 6.09 Å². The van der Waals surface area contributed by atoms with Gasteiger partial charge in [-0.3, -0.25) is 9.59 Å². The minimum absolute atomic E-state index is 0.0121. The van der Waals surface area contributed by atoms with Crippen LogP contribution in [0.1, 0.15) is 56.9 Å². The molecule has 0 aliphatic heterocycles. The lowest BCUT2D eigenvalue weighted by Crippen LogP contribution is -2.51. The number of ether oxygens (including phenoxy) is 1. The number of anilines is 1. The molecular formula is C29H36ClN3O5. The molecule has 204 valence electrons. The van der Waals surface area contributed by atoms with Crippen LogP contribution in [-0.4, -0.2) is 43.3 Å². The summed E-state index contributed by atoms with van der Waals surface area (Å²) in [5, 5.41) is 5.93. The fourth-order valence-corrected chi connectivity index (χ4v) is 4.86. The van der Waals surface area contributed by atoms with Gasteiger partial charge in [0.15, 0.2) is 0 Å². The van der Waals surface area contributed by atoms with Gasteiger partial charge in [-0.2, -0.15) is 0 Å². The first-order valence-electron chi connectivity index (χ1n) is 13.1. The number of benzene rings is 2. The minimum atomic E-state index is -0.853. The second-order valence-electron chi connectivity index (χ2n) is 9.72. The molecule has 0 bridgehead atoms. The van der Waals surface area contributed by atoms with Crippen molar-refractivity contribution in [3.8, 4) is 0 Å². The van der Waals surface area contributed by atoms with Crippen molar-refractivity contribution in [2.75, 3.05) is 11.9 Å². The zero-order valence-electron chi connectivity index (χ0n) is 21.7. The molecule has 2 unspecified atom stereocenters. The smallest absolute Gasteiger partial charge is 0.408 e. The maximum atomic E-state index is 13.2. The molecule has 3 amide bonds. The third-order valence-corrected chi connectivity index (χ3v) is 7.08. The number of amides is 3. The molecule has 0 saturated heterocycles. The molecule has 2 atom stereocenters. The molecule has 0 heterocycles. The molecule has 0 aromatic heterocycles. The van der Waals surface area contributed by atoms with Crippen molar-refractivity contribution >= 4 is 41.5 Å². The number of nitrogens with one attached hydrogen (secondary N) is 2. The van der Waals surface area contributed by atoms with E-state index in [2.05, 4.69) is 10.6 Å². The Balaban J connectivity index is 1.56. The minimum Gasteiger partial charge on any atom is -0.445 e. The van der Waals surface area contributed by atoms with Crippen LogP contribution in [0.5, 0.6) is 0 Å². The molecule has 2 N–H and O–H groups in total. The van der Waals surface area contributed by atoms with Crippen LogP contribution in [0.15, 0.2) is 54.6 Å². The molecule has 3 rings (SSSR count). The second kappa shape index (κ2) is 15.1. The van der Waals surface area contributed by atoms with Gasteiger partial charge in [0.2, 0.25) is 11.8 Å². The van der Waals surface area contributed by atoms with Crippen molar-refractivity contribution in [1.29, 1.82) is 0 Å². The summed E-state index contributed by atoms with van der Waals surface area (Å²) in [7, 11) is 1.67. The Bertz CT molecular complexity index is 1070. The second-order valence-corrected chi connectivity index (χ2v) is 10.2.